The van der Waals surface area contributed by atoms with Gasteiger partial charge in [-0.1, -0.05) is 13.8 Å². The van der Waals surface area contributed by atoms with Crippen molar-refractivity contribution in [1.29, 1.82) is 0 Å². The topological polar surface area (TPSA) is 58.6 Å². The van der Waals surface area contributed by atoms with E-state index >= 15 is 0 Å². The summed E-state index contributed by atoms with van der Waals surface area (Å²) in [7, 11) is 1.67. The van der Waals surface area contributed by atoms with Gasteiger partial charge in [-0.3, -0.25) is 4.79 Å². The van der Waals surface area contributed by atoms with E-state index in [-0.39, 0.29) is 5.92 Å². The van der Waals surface area contributed by atoms with Gasteiger partial charge in [0.05, 0.1) is 0 Å². The van der Waals surface area contributed by atoms with Gasteiger partial charge in [0.1, 0.15) is 6.04 Å². The van der Waals surface area contributed by atoms with Crippen LogP contribution in [0.5, 0.6) is 0 Å². The standard InChI is InChI=1S/C10H21NO3/c1-8(2)9(10(12)13)11-6-4-5-7-14-3/h8-9,11H,4-7H2,1-3H3,(H,12,13). The van der Waals surface area contributed by atoms with E-state index in [9.17, 15) is 4.79 Å². The molecule has 0 aromatic carbocycles. The zero-order chi connectivity index (χ0) is 11.0. The van der Waals surface area contributed by atoms with Crippen LogP contribution in [0.2, 0.25) is 0 Å². The molecular formula is C10H21NO3. The van der Waals surface area contributed by atoms with Gasteiger partial charge in [-0.15, -0.1) is 0 Å². The van der Waals surface area contributed by atoms with Crippen LogP contribution in [0.3, 0.4) is 0 Å². The quantitative estimate of drug-likeness (QED) is 0.580. The number of carboxylic acid groups (broad SMARTS) is 1. The summed E-state index contributed by atoms with van der Waals surface area (Å²) >= 11 is 0. The van der Waals surface area contributed by atoms with E-state index in [4.69, 9.17) is 9.84 Å². The Morgan fingerprint density at radius 1 is 1.43 bits per heavy atom. The first kappa shape index (κ1) is 13.4. The van der Waals surface area contributed by atoms with Crippen LogP contribution >= 0.6 is 0 Å². The molecule has 0 aliphatic rings. The number of hydrogen-bond acceptors (Lipinski definition) is 3. The molecule has 84 valence electrons. The van der Waals surface area contributed by atoms with Crippen LogP contribution in [-0.2, 0) is 9.53 Å². The molecule has 0 bridgehead atoms. The van der Waals surface area contributed by atoms with Gasteiger partial charge in [-0.05, 0) is 25.3 Å². The van der Waals surface area contributed by atoms with Gasteiger partial charge in [-0.25, -0.2) is 0 Å². The molecule has 0 spiro atoms. The Morgan fingerprint density at radius 2 is 2.07 bits per heavy atom. The zero-order valence-corrected chi connectivity index (χ0v) is 9.25. The van der Waals surface area contributed by atoms with Gasteiger partial charge in [0.25, 0.3) is 0 Å². The highest BCUT2D eigenvalue weighted by Crippen LogP contribution is 2.01. The average Bonchev–Trinajstić information content (AvgIpc) is 2.09. The van der Waals surface area contributed by atoms with Crippen LogP contribution < -0.4 is 5.32 Å². The fourth-order valence-corrected chi connectivity index (χ4v) is 1.24. The van der Waals surface area contributed by atoms with Gasteiger partial charge < -0.3 is 15.2 Å². The largest absolute Gasteiger partial charge is 0.480 e. The van der Waals surface area contributed by atoms with Gasteiger partial charge in [0, 0.05) is 13.7 Å². The highest BCUT2D eigenvalue weighted by atomic mass is 16.5. The number of nitrogens with one attached hydrogen (secondary N) is 1. The molecule has 1 unspecified atom stereocenters. The van der Waals surface area contributed by atoms with E-state index in [1.807, 2.05) is 13.8 Å². The van der Waals surface area contributed by atoms with Crippen molar-refractivity contribution >= 4 is 5.97 Å². The van der Waals surface area contributed by atoms with Crippen molar-refractivity contribution < 1.29 is 14.6 Å². The van der Waals surface area contributed by atoms with Crippen molar-refractivity contribution in [2.24, 2.45) is 5.92 Å². The van der Waals surface area contributed by atoms with Crippen LogP contribution in [0.4, 0.5) is 0 Å². The summed E-state index contributed by atoms with van der Waals surface area (Å²) in [6.07, 6.45) is 1.91. The van der Waals surface area contributed by atoms with Gasteiger partial charge in [0.2, 0.25) is 0 Å². The number of hydrogen-bond donors (Lipinski definition) is 2. The molecule has 4 nitrogen and oxygen atoms in total. The molecule has 0 saturated carbocycles. The minimum Gasteiger partial charge on any atom is -0.480 e. The normalized spacial score (nSPS) is 13.1. The molecule has 0 fully saturated rings. The van der Waals surface area contributed by atoms with Crippen molar-refractivity contribution in [3.8, 4) is 0 Å². The Morgan fingerprint density at radius 3 is 2.50 bits per heavy atom. The second-order valence-electron chi connectivity index (χ2n) is 3.71. The first-order valence-corrected chi connectivity index (χ1v) is 5.04. The lowest BCUT2D eigenvalue weighted by atomic mass is 10.0. The van der Waals surface area contributed by atoms with E-state index in [1.54, 1.807) is 7.11 Å². The van der Waals surface area contributed by atoms with E-state index in [0.29, 0.717) is 0 Å². The predicted molar refractivity (Wildman–Crippen MR) is 55.4 cm³/mol. The first-order chi connectivity index (χ1) is 6.59. The van der Waals surface area contributed by atoms with Gasteiger partial charge in [0.15, 0.2) is 0 Å². The molecule has 0 aromatic rings. The highest BCUT2D eigenvalue weighted by Gasteiger charge is 2.19. The molecule has 2 N–H and O–H groups in total. The van der Waals surface area contributed by atoms with Crippen molar-refractivity contribution in [3.05, 3.63) is 0 Å². The maximum atomic E-state index is 10.8. The third-order valence-corrected chi connectivity index (χ3v) is 2.07. The number of unbranched alkanes of at least 4 members (excludes halogenated alkanes) is 1. The van der Waals surface area contributed by atoms with Crippen LogP contribution in [0.1, 0.15) is 26.7 Å². The summed E-state index contributed by atoms with van der Waals surface area (Å²) in [4.78, 5) is 10.8. The average molecular weight is 203 g/mol. The van der Waals surface area contributed by atoms with Crippen LogP contribution in [0.15, 0.2) is 0 Å². The highest BCUT2D eigenvalue weighted by molar-refractivity contribution is 5.73. The number of carbonyl (C=O) groups is 1. The second-order valence-corrected chi connectivity index (χ2v) is 3.71. The predicted octanol–water partition coefficient (Wildman–Crippen LogP) is 1.11. The summed E-state index contributed by atoms with van der Waals surface area (Å²) < 4.78 is 4.90. The SMILES string of the molecule is COCCCCNC(C(=O)O)C(C)C. The maximum Gasteiger partial charge on any atom is 0.320 e. The minimum atomic E-state index is -0.772. The first-order valence-electron chi connectivity index (χ1n) is 5.04. The van der Waals surface area contributed by atoms with Crippen molar-refractivity contribution in [2.75, 3.05) is 20.3 Å². The smallest absolute Gasteiger partial charge is 0.320 e. The maximum absolute atomic E-state index is 10.8. The summed E-state index contributed by atoms with van der Waals surface area (Å²) in [5.74, 6) is -0.651. The number of rotatable bonds is 8. The molecule has 0 heterocycles. The second kappa shape index (κ2) is 7.76. The van der Waals surface area contributed by atoms with E-state index in [2.05, 4.69) is 5.32 Å². The van der Waals surface area contributed by atoms with Crippen molar-refractivity contribution in [3.63, 3.8) is 0 Å². The molecule has 1 atom stereocenters. The molecule has 0 amide bonds. The lowest BCUT2D eigenvalue weighted by molar-refractivity contribution is -0.140. The van der Waals surface area contributed by atoms with Crippen LogP contribution in [-0.4, -0.2) is 37.4 Å². The molecule has 0 aliphatic heterocycles. The Balaban J connectivity index is 3.57. The summed E-state index contributed by atoms with van der Waals surface area (Å²) in [5.41, 5.74) is 0. The number of aliphatic carboxylic acids is 1. The lowest BCUT2D eigenvalue weighted by Gasteiger charge is -2.17. The molecule has 0 aliphatic carbocycles. The fraction of sp³-hybridized carbons (Fsp3) is 0.900. The van der Waals surface area contributed by atoms with Gasteiger partial charge in [-0.2, -0.15) is 0 Å². The monoisotopic (exact) mass is 203 g/mol. The summed E-state index contributed by atoms with van der Waals surface area (Å²) in [6.45, 7) is 5.28. The Bertz CT molecular complexity index is 159. The minimum absolute atomic E-state index is 0.120. The van der Waals surface area contributed by atoms with E-state index < -0.39 is 12.0 Å². The molecule has 0 rings (SSSR count). The molecule has 0 radical (unpaired) electrons. The number of methoxy groups -OCH3 is 1. The third-order valence-electron chi connectivity index (χ3n) is 2.07. The Labute approximate surface area is 85.6 Å². The Kier molecular flexibility index (Phi) is 7.42. The van der Waals surface area contributed by atoms with E-state index in [1.165, 1.54) is 0 Å². The third kappa shape index (κ3) is 5.94. The molecule has 14 heavy (non-hydrogen) atoms. The Hall–Kier alpha value is -0.610. The molecular weight excluding hydrogens is 182 g/mol. The molecule has 4 heteroatoms. The fourth-order valence-electron chi connectivity index (χ4n) is 1.24. The molecule has 0 saturated heterocycles. The lowest BCUT2D eigenvalue weighted by Crippen LogP contribution is -2.41. The van der Waals surface area contributed by atoms with Crippen molar-refractivity contribution in [1.82, 2.24) is 5.32 Å². The summed E-state index contributed by atoms with van der Waals surface area (Å²) in [5, 5.41) is 11.9. The summed E-state index contributed by atoms with van der Waals surface area (Å²) in [6, 6.07) is -0.433. The van der Waals surface area contributed by atoms with Gasteiger partial charge >= 0.3 is 5.97 Å². The number of carboxylic acids is 1. The number of ether oxygens (including phenoxy) is 1. The van der Waals surface area contributed by atoms with E-state index in [0.717, 1.165) is 26.0 Å². The van der Waals surface area contributed by atoms with Crippen molar-refractivity contribution in [2.45, 2.75) is 32.7 Å². The van der Waals surface area contributed by atoms with Crippen LogP contribution in [0, 0.1) is 5.92 Å². The molecule has 0 aromatic heterocycles. The van der Waals surface area contributed by atoms with Crippen LogP contribution in [0.25, 0.3) is 0 Å². The zero-order valence-electron chi connectivity index (χ0n) is 9.25.